The first-order valence-corrected chi connectivity index (χ1v) is 7.92. The molecule has 1 aromatic carbocycles. The molecule has 8 heteroatoms. The zero-order valence-corrected chi connectivity index (χ0v) is 14.1. The minimum Gasteiger partial charge on any atom is -0.480 e. The van der Waals surface area contributed by atoms with Crippen molar-refractivity contribution in [2.24, 2.45) is 5.92 Å². The summed E-state index contributed by atoms with van der Waals surface area (Å²) in [6.07, 6.45) is -4.16. The smallest absolute Gasteiger partial charge is 0.416 e. The number of rotatable bonds is 7. The second-order valence-electron chi connectivity index (χ2n) is 6.49. The number of carbonyl (C=O) groups excluding carboxylic acids is 1. The van der Waals surface area contributed by atoms with Crippen LogP contribution in [0.3, 0.4) is 0 Å². The molecular formula is C17H21F3N2O3. The third-order valence-electron chi connectivity index (χ3n) is 4.23. The Morgan fingerprint density at radius 1 is 1.20 bits per heavy atom. The van der Waals surface area contributed by atoms with Gasteiger partial charge in [-0.2, -0.15) is 13.2 Å². The lowest BCUT2D eigenvalue weighted by atomic mass is 10.0. The minimum atomic E-state index is -4.47. The number of carboxylic acids is 1. The van der Waals surface area contributed by atoms with E-state index >= 15 is 0 Å². The Kier molecular flexibility index (Phi) is 5.72. The van der Waals surface area contributed by atoms with E-state index in [0.29, 0.717) is 13.0 Å². The fourth-order valence-electron chi connectivity index (χ4n) is 2.88. The highest BCUT2D eigenvalue weighted by Crippen LogP contribution is 2.51. The molecule has 25 heavy (non-hydrogen) atoms. The summed E-state index contributed by atoms with van der Waals surface area (Å²) < 4.78 is 39.4. The number of amides is 1. The van der Waals surface area contributed by atoms with Gasteiger partial charge in [-0.3, -0.25) is 9.59 Å². The number of hydrogen-bond acceptors (Lipinski definition) is 3. The molecule has 0 heterocycles. The van der Waals surface area contributed by atoms with Crippen molar-refractivity contribution in [2.45, 2.75) is 18.5 Å². The fraction of sp³-hybridized carbons (Fsp3) is 0.529. The topological polar surface area (TPSA) is 60.9 Å². The Morgan fingerprint density at radius 3 is 2.40 bits per heavy atom. The third-order valence-corrected chi connectivity index (χ3v) is 4.23. The van der Waals surface area contributed by atoms with Gasteiger partial charge in [0.15, 0.2) is 0 Å². The summed E-state index contributed by atoms with van der Waals surface area (Å²) >= 11 is 0. The van der Waals surface area contributed by atoms with Crippen molar-refractivity contribution in [3.8, 4) is 0 Å². The molecule has 1 aliphatic rings. The van der Waals surface area contributed by atoms with Gasteiger partial charge in [-0.15, -0.1) is 0 Å². The normalized spacial score (nSPS) is 19.8. The van der Waals surface area contributed by atoms with Gasteiger partial charge in [0.05, 0.1) is 5.56 Å². The maximum absolute atomic E-state index is 13.1. The van der Waals surface area contributed by atoms with Crippen molar-refractivity contribution in [3.05, 3.63) is 35.4 Å². The summed E-state index contributed by atoms with van der Waals surface area (Å²) in [5, 5.41) is 8.98. The lowest BCUT2D eigenvalue weighted by Crippen LogP contribution is -2.41. The van der Waals surface area contributed by atoms with Crippen LogP contribution in [0.4, 0.5) is 13.2 Å². The van der Waals surface area contributed by atoms with Gasteiger partial charge in [-0.1, -0.05) is 18.2 Å². The van der Waals surface area contributed by atoms with Gasteiger partial charge < -0.3 is 14.9 Å². The molecule has 0 aliphatic heterocycles. The summed E-state index contributed by atoms with van der Waals surface area (Å²) in [4.78, 5) is 26.6. The number of hydrogen-bond donors (Lipinski definition) is 1. The molecule has 0 bridgehead atoms. The molecule has 1 aliphatic carbocycles. The van der Waals surface area contributed by atoms with Crippen LogP contribution in [0.25, 0.3) is 0 Å². The summed E-state index contributed by atoms with van der Waals surface area (Å²) in [5.74, 6) is -2.64. The van der Waals surface area contributed by atoms with Crippen molar-refractivity contribution in [1.29, 1.82) is 0 Å². The number of aliphatic carboxylic acids is 1. The van der Waals surface area contributed by atoms with Gasteiger partial charge in [-0.05, 0) is 38.1 Å². The van der Waals surface area contributed by atoms with Gasteiger partial charge >= 0.3 is 12.1 Å². The average molecular weight is 358 g/mol. The molecule has 1 saturated carbocycles. The Labute approximate surface area is 144 Å². The van der Waals surface area contributed by atoms with Crippen LogP contribution >= 0.6 is 0 Å². The van der Waals surface area contributed by atoms with Crippen molar-refractivity contribution < 1.29 is 27.9 Å². The van der Waals surface area contributed by atoms with Crippen molar-refractivity contribution >= 4 is 11.9 Å². The van der Waals surface area contributed by atoms with Crippen LogP contribution in [0.1, 0.15) is 23.5 Å². The number of halogens is 3. The first-order chi connectivity index (χ1) is 11.6. The lowest BCUT2D eigenvalue weighted by Gasteiger charge is -2.23. The number of alkyl halides is 3. The van der Waals surface area contributed by atoms with E-state index in [4.69, 9.17) is 5.11 Å². The Bertz CT molecular complexity index is 646. The molecule has 1 amide bonds. The highest BCUT2D eigenvalue weighted by molar-refractivity contribution is 5.86. The molecule has 1 fully saturated rings. The number of carboxylic acid groups (broad SMARTS) is 1. The Hall–Kier alpha value is -2.09. The molecule has 0 unspecified atom stereocenters. The van der Waals surface area contributed by atoms with E-state index in [-0.39, 0.29) is 12.1 Å². The molecule has 2 atom stereocenters. The molecule has 138 valence electrons. The minimum absolute atomic E-state index is 0.108. The monoisotopic (exact) mass is 358 g/mol. The summed E-state index contributed by atoms with van der Waals surface area (Å²) in [5.41, 5.74) is -0.621. The van der Waals surface area contributed by atoms with E-state index in [9.17, 15) is 22.8 Å². The van der Waals surface area contributed by atoms with E-state index in [0.717, 1.165) is 6.07 Å². The largest absolute Gasteiger partial charge is 0.480 e. The maximum atomic E-state index is 13.1. The number of carbonyl (C=O) groups is 2. The molecule has 0 saturated heterocycles. The van der Waals surface area contributed by atoms with E-state index in [2.05, 4.69) is 0 Å². The predicted molar refractivity (Wildman–Crippen MR) is 85.1 cm³/mol. The first-order valence-electron chi connectivity index (χ1n) is 7.92. The summed E-state index contributed by atoms with van der Waals surface area (Å²) in [7, 11) is 3.59. The van der Waals surface area contributed by atoms with Gasteiger partial charge in [-0.25, -0.2) is 0 Å². The maximum Gasteiger partial charge on any atom is 0.416 e. The van der Waals surface area contributed by atoms with Crippen LogP contribution in [0.15, 0.2) is 24.3 Å². The SMILES string of the molecule is CN(C)CCN(CC(=O)O)C(=O)[C@H]1C[C@@H]1c1ccccc1C(F)(F)F. The van der Waals surface area contributed by atoms with E-state index in [1.165, 1.54) is 23.1 Å². The number of nitrogens with zero attached hydrogens (tertiary/aromatic N) is 2. The predicted octanol–water partition coefficient (Wildman–Crippen LogP) is 2.28. The van der Waals surface area contributed by atoms with Gasteiger partial charge in [0.25, 0.3) is 0 Å². The molecule has 0 aromatic heterocycles. The molecule has 1 N–H and O–H groups in total. The molecule has 1 aromatic rings. The van der Waals surface area contributed by atoms with Gasteiger partial charge in [0.1, 0.15) is 6.54 Å². The second-order valence-corrected chi connectivity index (χ2v) is 6.49. The quantitative estimate of drug-likeness (QED) is 0.812. The fourth-order valence-corrected chi connectivity index (χ4v) is 2.88. The molecule has 0 spiro atoms. The van der Waals surface area contributed by atoms with Crippen LogP contribution in [-0.2, 0) is 15.8 Å². The first kappa shape index (κ1) is 19.2. The summed E-state index contributed by atoms with van der Waals surface area (Å²) in [6, 6.07) is 5.24. The van der Waals surface area contributed by atoms with E-state index in [1.54, 1.807) is 14.1 Å². The van der Waals surface area contributed by atoms with E-state index in [1.807, 2.05) is 4.90 Å². The van der Waals surface area contributed by atoms with Crippen molar-refractivity contribution in [1.82, 2.24) is 9.80 Å². The average Bonchev–Trinajstić information content (AvgIpc) is 3.30. The zero-order valence-electron chi connectivity index (χ0n) is 14.1. The Morgan fingerprint density at radius 2 is 1.84 bits per heavy atom. The van der Waals surface area contributed by atoms with Gasteiger partial charge in [0.2, 0.25) is 5.91 Å². The molecule has 0 radical (unpaired) electrons. The standard InChI is InChI=1S/C17H21F3N2O3/c1-21(2)7-8-22(10-15(23)24)16(25)13-9-12(13)11-5-3-4-6-14(11)17(18,19)20/h3-6,12-13H,7-10H2,1-2H3,(H,23,24)/t12-,13+/m1/s1. The van der Waals surface area contributed by atoms with Crippen LogP contribution in [0, 0.1) is 5.92 Å². The highest BCUT2D eigenvalue weighted by Gasteiger charge is 2.49. The molecule has 2 rings (SSSR count). The van der Waals surface area contributed by atoms with Crippen molar-refractivity contribution in [2.75, 3.05) is 33.7 Å². The zero-order chi connectivity index (χ0) is 18.8. The number of likely N-dealkylation sites (N-methyl/N-ethyl adjacent to an activating group) is 1. The molecular weight excluding hydrogens is 337 g/mol. The molecule has 5 nitrogen and oxygen atoms in total. The van der Waals surface area contributed by atoms with Crippen LogP contribution < -0.4 is 0 Å². The highest BCUT2D eigenvalue weighted by atomic mass is 19.4. The van der Waals surface area contributed by atoms with Crippen LogP contribution in [0.2, 0.25) is 0 Å². The van der Waals surface area contributed by atoms with Crippen LogP contribution in [0.5, 0.6) is 0 Å². The van der Waals surface area contributed by atoms with Crippen molar-refractivity contribution in [3.63, 3.8) is 0 Å². The third kappa shape index (κ3) is 4.94. The van der Waals surface area contributed by atoms with E-state index < -0.39 is 42.0 Å². The number of benzene rings is 1. The van der Waals surface area contributed by atoms with Gasteiger partial charge in [0, 0.05) is 19.0 Å². The second kappa shape index (κ2) is 7.43. The lowest BCUT2D eigenvalue weighted by molar-refractivity contribution is -0.145. The summed E-state index contributed by atoms with van der Waals surface area (Å²) in [6.45, 7) is 0.259. The van der Waals surface area contributed by atoms with Crippen LogP contribution in [-0.4, -0.2) is 60.5 Å². The Balaban J connectivity index is 2.13.